The second-order valence-electron chi connectivity index (χ2n) is 5.65. The molecular weight excluding hydrogens is 306 g/mol. The molecule has 2 amide bonds. The number of methoxy groups -OCH3 is 1. The summed E-state index contributed by atoms with van der Waals surface area (Å²) in [7, 11) is 1.63. The van der Waals surface area contributed by atoms with Crippen LogP contribution in [0.3, 0.4) is 0 Å². The fourth-order valence-corrected chi connectivity index (χ4v) is 2.63. The summed E-state index contributed by atoms with van der Waals surface area (Å²) in [5.41, 5.74) is 1.03. The van der Waals surface area contributed by atoms with Gasteiger partial charge >= 0.3 is 6.03 Å². The van der Waals surface area contributed by atoms with E-state index in [1.165, 1.54) is 0 Å². The second kappa shape index (κ2) is 7.68. The van der Waals surface area contributed by atoms with Gasteiger partial charge in [-0.05, 0) is 23.8 Å². The molecule has 6 nitrogen and oxygen atoms in total. The lowest BCUT2D eigenvalue weighted by Crippen LogP contribution is -2.39. The van der Waals surface area contributed by atoms with Crippen molar-refractivity contribution in [3.8, 4) is 11.6 Å². The lowest BCUT2D eigenvalue weighted by Gasteiger charge is -2.17. The molecule has 1 aliphatic rings. The molecule has 6 heteroatoms. The zero-order valence-corrected chi connectivity index (χ0v) is 13.6. The molecule has 0 radical (unpaired) electrons. The number of ether oxygens (including phenoxy) is 2. The van der Waals surface area contributed by atoms with E-state index in [4.69, 9.17) is 9.47 Å². The van der Waals surface area contributed by atoms with Crippen molar-refractivity contribution in [2.45, 2.75) is 19.1 Å². The zero-order valence-electron chi connectivity index (χ0n) is 13.6. The molecule has 1 saturated heterocycles. The Labute approximate surface area is 141 Å². The van der Waals surface area contributed by atoms with Gasteiger partial charge in [0.1, 0.15) is 11.9 Å². The number of likely N-dealkylation sites (tertiary alicyclic amines) is 1. The van der Waals surface area contributed by atoms with Crippen molar-refractivity contribution in [3.63, 3.8) is 0 Å². The highest BCUT2D eigenvalue weighted by atomic mass is 16.5. The van der Waals surface area contributed by atoms with E-state index in [9.17, 15) is 4.79 Å². The number of carbonyl (C=O) groups is 1. The molecule has 3 rings (SSSR count). The molecule has 1 aromatic heterocycles. The Kier molecular flexibility index (Phi) is 5.15. The monoisotopic (exact) mass is 327 g/mol. The van der Waals surface area contributed by atoms with E-state index in [2.05, 4.69) is 10.3 Å². The van der Waals surface area contributed by atoms with E-state index in [0.29, 0.717) is 25.5 Å². The Hall–Kier alpha value is -2.76. The third-order valence-electron chi connectivity index (χ3n) is 3.96. The fourth-order valence-electron chi connectivity index (χ4n) is 2.63. The molecule has 0 saturated carbocycles. The Morgan fingerprint density at radius 1 is 1.29 bits per heavy atom. The van der Waals surface area contributed by atoms with E-state index >= 15 is 0 Å². The van der Waals surface area contributed by atoms with Gasteiger partial charge in [0.2, 0.25) is 5.88 Å². The Bertz CT molecular complexity index is 661. The Morgan fingerprint density at radius 3 is 2.83 bits per heavy atom. The van der Waals surface area contributed by atoms with Crippen LogP contribution in [0.15, 0.2) is 48.7 Å². The van der Waals surface area contributed by atoms with Crippen molar-refractivity contribution in [2.75, 3.05) is 20.2 Å². The van der Waals surface area contributed by atoms with Gasteiger partial charge in [-0.3, -0.25) is 0 Å². The van der Waals surface area contributed by atoms with E-state index in [-0.39, 0.29) is 12.1 Å². The average molecular weight is 327 g/mol. The number of carbonyl (C=O) groups excluding carboxylic acids is 1. The van der Waals surface area contributed by atoms with E-state index < -0.39 is 0 Å². The number of hydrogen-bond acceptors (Lipinski definition) is 4. The molecule has 1 unspecified atom stereocenters. The van der Waals surface area contributed by atoms with Gasteiger partial charge in [-0.2, -0.15) is 0 Å². The first-order valence-corrected chi connectivity index (χ1v) is 7.98. The number of pyridine rings is 1. The summed E-state index contributed by atoms with van der Waals surface area (Å²) in [6.07, 6.45) is 2.50. The first-order chi connectivity index (χ1) is 11.7. The summed E-state index contributed by atoms with van der Waals surface area (Å²) in [5, 5.41) is 2.94. The normalized spacial score (nSPS) is 16.7. The second-order valence-corrected chi connectivity index (χ2v) is 5.65. The Balaban J connectivity index is 1.45. The molecule has 126 valence electrons. The number of nitrogens with one attached hydrogen (secondary N) is 1. The van der Waals surface area contributed by atoms with Gasteiger partial charge in [0.25, 0.3) is 0 Å². The van der Waals surface area contributed by atoms with Gasteiger partial charge in [0.15, 0.2) is 0 Å². The summed E-state index contributed by atoms with van der Waals surface area (Å²) in [6, 6.07) is 13.1. The van der Waals surface area contributed by atoms with Crippen LogP contribution in [0.2, 0.25) is 0 Å². The first-order valence-electron chi connectivity index (χ1n) is 7.98. The number of aromatic nitrogens is 1. The maximum absolute atomic E-state index is 12.3. The van der Waals surface area contributed by atoms with Crippen molar-refractivity contribution >= 4 is 6.03 Å². The minimum absolute atomic E-state index is 0.00774. The summed E-state index contributed by atoms with van der Waals surface area (Å²) in [6.45, 7) is 1.75. The summed E-state index contributed by atoms with van der Waals surface area (Å²) in [4.78, 5) is 18.2. The van der Waals surface area contributed by atoms with Crippen LogP contribution in [0.1, 0.15) is 12.0 Å². The van der Waals surface area contributed by atoms with Crippen LogP contribution >= 0.6 is 0 Å². The van der Waals surface area contributed by atoms with Gasteiger partial charge in [0.05, 0.1) is 13.7 Å². The van der Waals surface area contributed by atoms with Crippen LogP contribution in [-0.4, -0.2) is 42.2 Å². The number of nitrogens with zero attached hydrogens (tertiary/aromatic N) is 2. The van der Waals surface area contributed by atoms with Crippen LogP contribution in [0.25, 0.3) is 0 Å². The van der Waals surface area contributed by atoms with Crippen molar-refractivity contribution in [3.05, 3.63) is 54.2 Å². The summed E-state index contributed by atoms with van der Waals surface area (Å²) < 4.78 is 10.9. The molecule has 1 fully saturated rings. The molecule has 0 bridgehead atoms. The highest BCUT2D eigenvalue weighted by Crippen LogP contribution is 2.16. The van der Waals surface area contributed by atoms with Gasteiger partial charge in [-0.1, -0.05) is 18.2 Å². The molecule has 0 aliphatic carbocycles. The molecule has 1 aliphatic heterocycles. The molecule has 2 heterocycles. The summed E-state index contributed by atoms with van der Waals surface area (Å²) in [5.74, 6) is 1.40. The van der Waals surface area contributed by atoms with Crippen molar-refractivity contribution in [2.24, 2.45) is 0 Å². The average Bonchev–Trinajstić information content (AvgIpc) is 3.09. The van der Waals surface area contributed by atoms with Crippen LogP contribution in [0.5, 0.6) is 11.6 Å². The van der Waals surface area contributed by atoms with Crippen LogP contribution in [-0.2, 0) is 6.54 Å². The number of rotatable bonds is 5. The lowest BCUT2D eigenvalue weighted by molar-refractivity contribution is 0.183. The van der Waals surface area contributed by atoms with Crippen LogP contribution < -0.4 is 14.8 Å². The molecule has 1 N–H and O–H groups in total. The van der Waals surface area contributed by atoms with E-state index in [1.54, 1.807) is 18.2 Å². The standard InChI is InChI=1S/C18H21N3O3/c1-23-15-7-5-14(6-8-15)12-20-18(22)21-11-9-16(13-21)24-17-4-2-3-10-19-17/h2-8,10,16H,9,11-13H2,1H3,(H,20,22). The van der Waals surface area contributed by atoms with Crippen molar-refractivity contribution in [1.82, 2.24) is 15.2 Å². The molecule has 1 atom stereocenters. The minimum atomic E-state index is -0.0714. The maximum Gasteiger partial charge on any atom is 0.317 e. The molecule has 24 heavy (non-hydrogen) atoms. The number of benzene rings is 1. The van der Waals surface area contributed by atoms with Crippen LogP contribution in [0.4, 0.5) is 4.79 Å². The van der Waals surface area contributed by atoms with Gasteiger partial charge in [-0.25, -0.2) is 9.78 Å². The minimum Gasteiger partial charge on any atom is -0.497 e. The van der Waals surface area contributed by atoms with Crippen molar-refractivity contribution in [1.29, 1.82) is 0 Å². The lowest BCUT2D eigenvalue weighted by atomic mass is 10.2. The molecule has 1 aromatic carbocycles. The third kappa shape index (κ3) is 4.16. The predicted octanol–water partition coefficient (Wildman–Crippen LogP) is 2.45. The van der Waals surface area contributed by atoms with Gasteiger partial charge in [0, 0.05) is 31.8 Å². The topological polar surface area (TPSA) is 63.7 Å². The first kappa shape index (κ1) is 16.1. The quantitative estimate of drug-likeness (QED) is 0.916. The third-order valence-corrected chi connectivity index (χ3v) is 3.96. The molecule has 0 spiro atoms. The Morgan fingerprint density at radius 2 is 2.12 bits per heavy atom. The SMILES string of the molecule is COc1ccc(CNC(=O)N2CCC(Oc3ccccn3)C2)cc1. The number of urea groups is 1. The van der Waals surface area contributed by atoms with Crippen molar-refractivity contribution < 1.29 is 14.3 Å². The number of amides is 2. The summed E-state index contributed by atoms with van der Waals surface area (Å²) >= 11 is 0. The molecule has 2 aromatic rings. The maximum atomic E-state index is 12.3. The number of hydrogen-bond donors (Lipinski definition) is 1. The highest BCUT2D eigenvalue weighted by Gasteiger charge is 2.27. The van der Waals surface area contributed by atoms with Crippen LogP contribution in [0, 0.1) is 0 Å². The molecular formula is C18H21N3O3. The van der Waals surface area contributed by atoms with E-state index in [0.717, 1.165) is 17.7 Å². The van der Waals surface area contributed by atoms with E-state index in [1.807, 2.05) is 42.5 Å². The largest absolute Gasteiger partial charge is 0.497 e. The van der Waals surface area contributed by atoms with Gasteiger partial charge < -0.3 is 19.7 Å². The smallest absolute Gasteiger partial charge is 0.317 e. The predicted molar refractivity (Wildman–Crippen MR) is 90.1 cm³/mol. The highest BCUT2D eigenvalue weighted by molar-refractivity contribution is 5.74. The van der Waals surface area contributed by atoms with Gasteiger partial charge in [-0.15, -0.1) is 0 Å². The zero-order chi connectivity index (χ0) is 16.8. The fraction of sp³-hybridized carbons (Fsp3) is 0.333.